The molecular formula is C13H27N3. The number of hydrogen-bond donors (Lipinski definition) is 1. The van der Waals surface area contributed by atoms with Crippen LogP contribution >= 0.6 is 0 Å². The lowest BCUT2D eigenvalue weighted by Gasteiger charge is -2.33. The van der Waals surface area contributed by atoms with Crippen LogP contribution in [-0.4, -0.2) is 55.6 Å². The zero-order valence-electron chi connectivity index (χ0n) is 10.9. The first-order valence-electron chi connectivity index (χ1n) is 6.83. The molecule has 0 radical (unpaired) electrons. The fraction of sp³-hybridized carbons (Fsp3) is 1.00. The second kappa shape index (κ2) is 5.48. The van der Waals surface area contributed by atoms with Gasteiger partial charge in [-0.2, -0.15) is 0 Å². The van der Waals surface area contributed by atoms with Crippen LogP contribution in [0.3, 0.4) is 0 Å². The molecule has 1 aliphatic heterocycles. The Balaban J connectivity index is 1.84. The van der Waals surface area contributed by atoms with E-state index in [4.69, 9.17) is 5.73 Å². The average Bonchev–Trinajstić information content (AvgIpc) is 2.87. The molecule has 1 aliphatic carbocycles. The summed E-state index contributed by atoms with van der Waals surface area (Å²) in [5.74, 6) is 0.747. The average molecular weight is 225 g/mol. The summed E-state index contributed by atoms with van der Waals surface area (Å²) >= 11 is 0. The highest BCUT2D eigenvalue weighted by Gasteiger charge is 2.31. The van der Waals surface area contributed by atoms with E-state index < -0.39 is 0 Å². The smallest absolute Gasteiger partial charge is 0.0220 e. The minimum absolute atomic E-state index is 0.747. The molecule has 1 saturated carbocycles. The fourth-order valence-corrected chi connectivity index (χ4v) is 3.55. The summed E-state index contributed by atoms with van der Waals surface area (Å²) in [7, 11) is 4.56. The van der Waals surface area contributed by atoms with Crippen LogP contribution in [0.15, 0.2) is 0 Å². The Morgan fingerprint density at radius 1 is 1.25 bits per heavy atom. The molecule has 3 heteroatoms. The number of nitrogens with two attached hydrogens (primary N) is 1. The first-order valence-corrected chi connectivity index (χ1v) is 6.83. The molecule has 2 rings (SSSR count). The Morgan fingerprint density at radius 2 is 2.06 bits per heavy atom. The van der Waals surface area contributed by atoms with Crippen molar-refractivity contribution in [2.75, 3.05) is 33.7 Å². The van der Waals surface area contributed by atoms with Crippen LogP contribution in [-0.2, 0) is 0 Å². The minimum atomic E-state index is 0.747. The number of nitrogens with zero attached hydrogens (tertiary/aromatic N) is 2. The predicted octanol–water partition coefficient (Wildman–Crippen LogP) is 1.14. The van der Waals surface area contributed by atoms with Crippen molar-refractivity contribution in [3.63, 3.8) is 0 Å². The van der Waals surface area contributed by atoms with Gasteiger partial charge in [0, 0.05) is 18.6 Å². The van der Waals surface area contributed by atoms with Crippen molar-refractivity contribution in [1.82, 2.24) is 9.80 Å². The van der Waals surface area contributed by atoms with Gasteiger partial charge in [0.05, 0.1) is 0 Å². The Kier molecular flexibility index (Phi) is 4.22. The molecular weight excluding hydrogens is 198 g/mol. The van der Waals surface area contributed by atoms with Gasteiger partial charge in [-0.1, -0.05) is 6.42 Å². The Bertz CT molecular complexity index is 219. The molecule has 0 spiro atoms. The van der Waals surface area contributed by atoms with E-state index in [2.05, 4.69) is 23.9 Å². The minimum Gasteiger partial charge on any atom is -0.330 e. The Morgan fingerprint density at radius 3 is 2.69 bits per heavy atom. The molecule has 16 heavy (non-hydrogen) atoms. The van der Waals surface area contributed by atoms with Crippen molar-refractivity contribution >= 4 is 0 Å². The van der Waals surface area contributed by atoms with Crippen LogP contribution in [0, 0.1) is 5.92 Å². The summed E-state index contributed by atoms with van der Waals surface area (Å²) in [6.07, 6.45) is 6.82. The Hall–Kier alpha value is -0.120. The van der Waals surface area contributed by atoms with E-state index in [0.717, 1.165) is 24.5 Å². The fourth-order valence-electron chi connectivity index (χ4n) is 3.55. The first kappa shape index (κ1) is 12.3. The molecule has 3 atom stereocenters. The summed E-state index contributed by atoms with van der Waals surface area (Å²) in [4.78, 5) is 5.10. The van der Waals surface area contributed by atoms with Gasteiger partial charge >= 0.3 is 0 Å². The van der Waals surface area contributed by atoms with Crippen LogP contribution in [0.1, 0.15) is 32.1 Å². The highest BCUT2D eigenvalue weighted by Crippen LogP contribution is 2.29. The monoisotopic (exact) mass is 225 g/mol. The van der Waals surface area contributed by atoms with Crippen molar-refractivity contribution < 1.29 is 0 Å². The standard InChI is InChI=1S/C13H27N3/c1-15-8-4-6-12(15)10-16(2)13-7-3-5-11(13)9-14/h11-13H,3-10,14H2,1-2H3. The van der Waals surface area contributed by atoms with Crippen molar-refractivity contribution in [3.8, 4) is 0 Å². The highest BCUT2D eigenvalue weighted by molar-refractivity contribution is 4.87. The van der Waals surface area contributed by atoms with Gasteiger partial charge in [0.2, 0.25) is 0 Å². The van der Waals surface area contributed by atoms with Gasteiger partial charge in [-0.15, -0.1) is 0 Å². The number of rotatable bonds is 4. The van der Waals surface area contributed by atoms with Crippen LogP contribution < -0.4 is 5.73 Å². The van der Waals surface area contributed by atoms with E-state index in [1.165, 1.54) is 45.2 Å². The molecule has 3 unspecified atom stereocenters. The Labute approximate surface area is 100.0 Å². The second-order valence-corrected chi connectivity index (χ2v) is 5.71. The normalized spacial score (nSPS) is 36.4. The number of hydrogen-bond acceptors (Lipinski definition) is 3. The molecule has 3 nitrogen and oxygen atoms in total. The lowest BCUT2D eigenvalue weighted by atomic mass is 10.0. The van der Waals surface area contributed by atoms with E-state index in [9.17, 15) is 0 Å². The van der Waals surface area contributed by atoms with Gasteiger partial charge < -0.3 is 15.5 Å². The van der Waals surface area contributed by atoms with E-state index in [-0.39, 0.29) is 0 Å². The van der Waals surface area contributed by atoms with Crippen LogP contribution in [0.25, 0.3) is 0 Å². The predicted molar refractivity (Wildman–Crippen MR) is 68.5 cm³/mol. The van der Waals surface area contributed by atoms with E-state index in [0.29, 0.717) is 0 Å². The topological polar surface area (TPSA) is 32.5 Å². The molecule has 1 saturated heterocycles. The van der Waals surface area contributed by atoms with Gasteiger partial charge in [0.15, 0.2) is 0 Å². The third-order valence-corrected chi connectivity index (χ3v) is 4.66. The van der Waals surface area contributed by atoms with E-state index in [1.807, 2.05) is 0 Å². The van der Waals surface area contributed by atoms with Gasteiger partial charge in [0.25, 0.3) is 0 Å². The van der Waals surface area contributed by atoms with Gasteiger partial charge in [-0.05, 0) is 58.8 Å². The zero-order chi connectivity index (χ0) is 11.5. The van der Waals surface area contributed by atoms with Crippen LogP contribution in [0.4, 0.5) is 0 Å². The van der Waals surface area contributed by atoms with E-state index >= 15 is 0 Å². The molecule has 0 amide bonds. The lowest BCUT2D eigenvalue weighted by molar-refractivity contribution is 0.152. The lowest BCUT2D eigenvalue weighted by Crippen LogP contribution is -2.44. The van der Waals surface area contributed by atoms with Gasteiger partial charge in [-0.3, -0.25) is 0 Å². The van der Waals surface area contributed by atoms with Gasteiger partial charge in [-0.25, -0.2) is 0 Å². The van der Waals surface area contributed by atoms with Crippen LogP contribution in [0.2, 0.25) is 0 Å². The number of likely N-dealkylation sites (tertiary alicyclic amines) is 1. The summed E-state index contributed by atoms with van der Waals surface area (Å²) in [6.45, 7) is 3.39. The van der Waals surface area contributed by atoms with Crippen molar-refractivity contribution in [3.05, 3.63) is 0 Å². The SMILES string of the molecule is CN1CCCC1CN(C)C1CCCC1CN. The molecule has 2 N–H and O–H groups in total. The van der Waals surface area contributed by atoms with Gasteiger partial charge in [0.1, 0.15) is 0 Å². The maximum atomic E-state index is 5.86. The third kappa shape index (κ3) is 2.58. The zero-order valence-corrected chi connectivity index (χ0v) is 10.9. The summed E-state index contributed by atoms with van der Waals surface area (Å²) in [5.41, 5.74) is 5.86. The maximum absolute atomic E-state index is 5.86. The van der Waals surface area contributed by atoms with E-state index in [1.54, 1.807) is 0 Å². The molecule has 0 aromatic heterocycles. The highest BCUT2D eigenvalue weighted by atomic mass is 15.2. The van der Waals surface area contributed by atoms with Crippen molar-refractivity contribution in [2.24, 2.45) is 11.7 Å². The second-order valence-electron chi connectivity index (χ2n) is 5.71. The molecule has 0 aromatic carbocycles. The summed E-state index contributed by atoms with van der Waals surface area (Å²) in [6, 6.07) is 1.53. The largest absolute Gasteiger partial charge is 0.330 e. The molecule has 2 aliphatic rings. The van der Waals surface area contributed by atoms with Crippen molar-refractivity contribution in [1.29, 1.82) is 0 Å². The first-order chi connectivity index (χ1) is 7.72. The molecule has 2 fully saturated rings. The molecule has 0 bridgehead atoms. The molecule has 0 aromatic rings. The maximum Gasteiger partial charge on any atom is 0.0220 e. The third-order valence-electron chi connectivity index (χ3n) is 4.66. The van der Waals surface area contributed by atoms with Crippen LogP contribution in [0.5, 0.6) is 0 Å². The molecule has 94 valence electrons. The van der Waals surface area contributed by atoms with Crippen molar-refractivity contribution in [2.45, 2.75) is 44.2 Å². The summed E-state index contributed by atoms with van der Waals surface area (Å²) < 4.78 is 0. The number of likely N-dealkylation sites (N-methyl/N-ethyl adjacent to an activating group) is 2. The quantitative estimate of drug-likeness (QED) is 0.779. The summed E-state index contributed by atoms with van der Waals surface area (Å²) in [5, 5.41) is 0. The molecule has 1 heterocycles.